The zero-order chi connectivity index (χ0) is 22.0. The predicted molar refractivity (Wildman–Crippen MR) is 115 cm³/mol. The molecule has 0 amide bonds. The van der Waals surface area contributed by atoms with Gasteiger partial charge in [-0.1, -0.05) is 18.2 Å². The van der Waals surface area contributed by atoms with Crippen LogP contribution in [0, 0.1) is 12.7 Å². The molecule has 1 saturated heterocycles. The van der Waals surface area contributed by atoms with Gasteiger partial charge in [-0.2, -0.15) is 4.31 Å². The van der Waals surface area contributed by atoms with Gasteiger partial charge in [0.1, 0.15) is 23.7 Å². The third-order valence-electron chi connectivity index (χ3n) is 5.22. The van der Waals surface area contributed by atoms with Crippen LogP contribution in [0.3, 0.4) is 0 Å². The van der Waals surface area contributed by atoms with Crippen molar-refractivity contribution in [2.75, 3.05) is 24.5 Å². The maximum atomic E-state index is 13.3. The van der Waals surface area contributed by atoms with E-state index in [4.69, 9.17) is 4.74 Å². The van der Waals surface area contributed by atoms with E-state index in [1.165, 1.54) is 22.8 Å². The van der Waals surface area contributed by atoms with E-state index in [9.17, 15) is 12.8 Å². The van der Waals surface area contributed by atoms with Crippen molar-refractivity contribution in [3.63, 3.8) is 0 Å². The molecule has 4 rings (SSSR count). The highest BCUT2D eigenvalue weighted by Gasteiger charge is 2.34. The summed E-state index contributed by atoms with van der Waals surface area (Å²) in [6, 6.07) is 14.2. The topological polar surface area (TPSA) is 75.6 Å². The van der Waals surface area contributed by atoms with Crippen molar-refractivity contribution in [3.8, 4) is 11.6 Å². The Labute approximate surface area is 181 Å². The Bertz CT molecular complexity index is 1170. The first-order chi connectivity index (χ1) is 14.8. The fourth-order valence-corrected chi connectivity index (χ4v) is 5.27. The first-order valence-electron chi connectivity index (χ1n) is 9.92. The number of hydrogen-bond donors (Lipinski definition) is 0. The van der Waals surface area contributed by atoms with E-state index in [0.717, 1.165) is 0 Å². The predicted octanol–water partition coefficient (Wildman–Crippen LogP) is 3.62. The van der Waals surface area contributed by atoms with Crippen molar-refractivity contribution in [3.05, 3.63) is 72.3 Å². The van der Waals surface area contributed by atoms with E-state index < -0.39 is 10.0 Å². The summed E-state index contributed by atoms with van der Waals surface area (Å²) in [5.41, 5.74) is 0.661. The number of aryl methyl sites for hydroxylation is 1. The van der Waals surface area contributed by atoms with E-state index in [-0.39, 0.29) is 11.9 Å². The molecule has 0 saturated carbocycles. The maximum absolute atomic E-state index is 13.3. The van der Waals surface area contributed by atoms with E-state index >= 15 is 0 Å². The fourth-order valence-electron chi connectivity index (χ4n) is 3.63. The van der Waals surface area contributed by atoms with Gasteiger partial charge in [0.05, 0.1) is 4.90 Å². The van der Waals surface area contributed by atoms with Crippen LogP contribution in [0.15, 0.2) is 65.8 Å². The lowest BCUT2D eigenvalue weighted by Crippen LogP contribution is -2.54. The molecule has 1 unspecified atom stereocenters. The van der Waals surface area contributed by atoms with Crippen LogP contribution in [-0.2, 0) is 10.0 Å². The summed E-state index contributed by atoms with van der Waals surface area (Å²) in [6.45, 7) is 4.96. The Hall–Kier alpha value is -3.04. The second-order valence-electron chi connectivity index (χ2n) is 7.45. The number of anilines is 1. The van der Waals surface area contributed by atoms with Crippen LogP contribution in [0.25, 0.3) is 0 Å². The summed E-state index contributed by atoms with van der Waals surface area (Å²) < 4.78 is 46.6. The lowest BCUT2D eigenvalue weighted by Gasteiger charge is -2.39. The van der Waals surface area contributed by atoms with Crippen LogP contribution < -0.4 is 9.64 Å². The van der Waals surface area contributed by atoms with Crippen LogP contribution in [0.4, 0.5) is 10.2 Å². The van der Waals surface area contributed by atoms with Crippen molar-refractivity contribution in [1.29, 1.82) is 0 Å². The molecule has 1 aromatic heterocycles. The summed E-state index contributed by atoms with van der Waals surface area (Å²) in [6.07, 6.45) is 1.40. The number of benzene rings is 2. The molecule has 7 nitrogen and oxygen atoms in total. The zero-order valence-electron chi connectivity index (χ0n) is 17.3. The monoisotopic (exact) mass is 442 g/mol. The SMILES string of the molecule is Cc1cc(F)ccc1Oc1cc(N2CCN(S(=O)(=O)c3ccccc3)C(C)C2)ncn1. The minimum Gasteiger partial charge on any atom is -0.439 e. The van der Waals surface area contributed by atoms with Gasteiger partial charge in [-0.15, -0.1) is 0 Å². The van der Waals surface area contributed by atoms with Gasteiger partial charge < -0.3 is 9.64 Å². The molecule has 162 valence electrons. The molecule has 9 heteroatoms. The van der Waals surface area contributed by atoms with E-state index in [1.807, 2.05) is 11.8 Å². The number of hydrogen-bond acceptors (Lipinski definition) is 6. The van der Waals surface area contributed by atoms with Gasteiger partial charge in [-0.3, -0.25) is 0 Å². The molecular weight excluding hydrogens is 419 g/mol. The largest absolute Gasteiger partial charge is 0.439 e. The summed E-state index contributed by atoms with van der Waals surface area (Å²) in [5.74, 6) is 1.17. The summed E-state index contributed by atoms with van der Waals surface area (Å²) in [4.78, 5) is 10.8. The van der Waals surface area contributed by atoms with Crippen LogP contribution in [-0.4, -0.2) is 48.4 Å². The Balaban J connectivity index is 1.49. The Kier molecular flexibility index (Phi) is 5.88. The van der Waals surface area contributed by atoms with Gasteiger partial charge in [0.2, 0.25) is 15.9 Å². The van der Waals surface area contributed by atoms with Crippen LogP contribution in [0.5, 0.6) is 11.6 Å². The van der Waals surface area contributed by atoms with Crippen LogP contribution >= 0.6 is 0 Å². The fraction of sp³-hybridized carbons (Fsp3) is 0.273. The van der Waals surface area contributed by atoms with Crippen LogP contribution in [0.2, 0.25) is 0 Å². The van der Waals surface area contributed by atoms with Gasteiger partial charge >= 0.3 is 0 Å². The second kappa shape index (κ2) is 8.60. The quantitative estimate of drug-likeness (QED) is 0.601. The highest BCUT2D eigenvalue weighted by Crippen LogP contribution is 2.28. The molecule has 0 spiro atoms. The van der Waals surface area contributed by atoms with Gasteiger partial charge in [0, 0.05) is 31.7 Å². The van der Waals surface area contributed by atoms with Crippen molar-refractivity contribution >= 4 is 15.8 Å². The number of rotatable bonds is 5. The van der Waals surface area contributed by atoms with Gasteiger partial charge in [-0.05, 0) is 49.7 Å². The molecule has 0 bridgehead atoms. The highest BCUT2D eigenvalue weighted by atomic mass is 32.2. The maximum Gasteiger partial charge on any atom is 0.243 e. The highest BCUT2D eigenvalue weighted by molar-refractivity contribution is 7.89. The molecule has 1 aliphatic rings. The number of sulfonamides is 1. The molecule has 1 fully saturated rings. The lowest BCUT2D eigenvalue weighted by molar-refractivity contribution is 0.305. The molecular formula is C22H23FN4O3S. The number of nitrogens with zero attached hydrogens (tertiary/aromatic N) is 4. The van der Waals surface area contributed by atoms with E-state index in [1.54, 1.807) is 49.4 Å². The minimum atomic E-state index is -3.56. The molecule has 0 radical (unpaired) electrons. The second-order valence-corrected chi connectivity index (χ2v) is 9.34. The molecule has 0 aliphatic carbocycles. The molecule has 1 atom stereocenters. The molecule has 3 aromatic rings. The van der Waals surface area contributed by atoms with Gasteiger partial charge in [0.25, 0.3) is 0 Å². The standard InChI is InChI=1S/C22H23FN4O3S/c1-16-12-18(23)8-9-20(16)30-22-13-21(24-15-25-22)26-10-11-27(17(2)14-26)31(28,29)19-6-4-3-5-7-19/h3-9,12-13,15,17H,10-11,14H2,1-2H3. The molecule has 31 heavy (non-hydrogen) atoms. The molecule has 2 aromatic carbocycles. The summed E-state index contributed by atoms with van der Waals surface area (Å²) >= 11 is 0. The zero-order valence-corrected chi connectivity index (χ0v) is 18.1. The average molecular weight is 443 g/mol. The van der Waals surface area contributed by atoms with Gasteiger partial charge in [-0.25, -0.2) is 22.8 Å². The average Bonchev–Trinajstić information content (AvgIpc) is 2.76. The van der Waals surface area contributed by atoms with Crippen LogP contribution in [0.1, 0.15) is 12.5 Å². The van der Waals surface area contributed by atoms with Crippen molar-refractivity contribution < 1.29 is 17.5 Å². The van der Waals surface area contributed by atoms with Crippen molar-refractivity contribution in [2.45, 2.75) is 24.8 Å². The number of piperazine rings is 1. The van der Waals surface area contributed by atoms with E-state index in [0.29, 0.717) is 47.5 Å². The molecule has 1 aliphatic heterocycles. The van der Waals surface area contributed by atoms with Gasteiger partial charge in [0.15, 0.2) is 0 Å². The third kappa shape index (κ3) is 4.52. The number of aromatic nitrogens is 2. The normalized spacial score (nSPS) is 17.5. The lowest BCUT2D eigenvalue weighted by atomic mass is 10.2. The molecule has 0 N–H and O–H groups in total. The first-order valence-corrected chi connectivity index (χ1v) is 11.4. The molecule has 2 heterocycles. The Morgan fingerprint density at radius 3 is 2.55 bits per heavy atom. The summed E-state index contributed by atoms with van der Waals surface area (Å²) in [7, 11) is -3.56. The van der Waals surface area contributed by atoms with Crippen molar-refractivity contribution in [1.82, 2.24) is 14.3 Å². The van der Waals surface area contributed by atoms with Crippen molar-refractivity contribution in [2.24, 2.45) is 0 Å². The summed E-state index contributed by atoms with van der Waals surface area (Å²) in [5, 5.41) is 0. The number of halogens is 1. The Morgan fingerprint density at radius 1 is 1.06 bits per heavy atom. The smallest absolute Gasteiger partial charge is 0.243 e. The third-order valence-corrected chi connectivity index (χ3v) is 7.25. The first kappa shape index (κ1) is 21.2. The number of ether oxygens (including phenoxy) is 1. The minimum absolute atomic E-state index is 0.238. The van der Waals surface area contributed by atoms with E-state index in [2.05, 4.69) is 9.97 Å². The Morgan fingerprint density at radius 2 is 1.84 bits per heavy atom.